The molecular weight excluding hydrogens is 192 g/mol. The smallest absolute Gasteiger partial charge is 0.241 e. The largest absolute Gasteiger partial charge is 0.448 e. The van der Waals surface area contributed by atoms with E-state index in [1.54, 1.807) is 6.20 Å². The summed E-state index contributed by atoms with van der Waals surface area (Å²) < 4.78 is 5.17. The Labute approximate surface area is 85.9 Å². The average molecular weight is 200 g/mol. The SMILES string of the molecule is O=C1Nc2ccccc2C1c1ncco1. The van der Waals surface area contributed by atoms with Crippen molar-refractivity contribution < 1.29 is 9.21 Å². The van der Waals surface area contributed by atoms with Crippen molar-refractivity contribution in [3.8, 4) is 0 Å². The van der Waals surface area contributed by atoms with Crippen molar-refractivity contribution in [2.75, 3.05) is 5.32 Å². The molecule has 4 heteroatoms. The minimum absolute atomic E-state index is 0.0846. The van der Waals surface area contributed by atoms with E-state index < -0.39 is 5.92 Å². The predicted octanol–water partition coefficient (Wildman–Crippen LogP) is 1.76. The van der Waals surface area contributed by atoms with Gasteiger partial charge in [-0.3, -0.25) is 4.79 Å². The second-order valence-corrected chi connectivity index (χ2v) is 3.38. The fourth-order valence-electron chi connectivity index (χ4n) is 1.83. The zero-order chi connectivity index (χ0) is 10.3. The lowest BCUT2D eigenvalue weighted by atomic mass is 10.0. The first-order valence-electron chi connectivity index (χ1n) is 4.65. The first kappa shape index (κ1) is 8.23. The van der Waals surface area contributed by atoms with E-state index in [-0.39, 0.29) is 5.91 Å². The topological polar surface area (TPSA) is 55.1 Å². The lowest BCUT2D eigenvalue weighted by Crippen LogP contribution is -2.13. The van der Waals surface area contributed by atoms with Gasteiger partial charge in [0.2, 0.25) is 11.8 Å². The third kappa shape index (κ3) is 1.15. The number of oxazole rings is 1. The Balaban J connectivity index is 2.14. The molecule has 0 aliphatic carbocycles. The molecule has 1 amide bonds. The van der Waals surface area contributed by atoms with E-state index in [1.165, 1.54) is 6.26 Å². The Morgan fingerprint density at radius 3 is 3.00 bits per heavy atom. The van der Waals surface area contributed by atoms with Crippen LogP contribution in [0.4, 0.5) is 5.69 Å². The maximum absolute atomic E-state index is 11.7. The highest BCUT2D eigenvalue weighted by Gasteiger charge is 2.34. The molecule has 1 atom stereocenters. The van der Waals surface area contributed by atoms with Crippen LogP contribution in [0, 0.1) is 0 Å². The number of hydrogen-bond donors (Lipinski definition) is 1. The number of anilines is 1. The molecule has 3 rings (SSSR count). The van der Waals surface area contributed by atoms with E-state index in [4.69, 9.17) is 4.42 Å². The summed E-state index contributed by atoms with van der Waals surface area (Å²) in [6, 6.07) is 7.56. The number of carbonyl (C=O) groups is 1. The molecule has 1 aliphatic rings. The minimum atomic E-state index is -0.406. The summed E-state index contributed by atoms with van der Waals surface area (Å²) in [6.45, 7) is 0. The van der Waals surface area contributed by atoms with Gasteiger partial charge in [0.1, 0.15) is 12.2 Å². The molecule has 2 aromatic rings. The molecule has 2 heterocycles. The quantitative estimate of drug-likeness (QED) is 0.763. The summed E-state index contributed by atoms with van der Waals surface area (Å²) in [5.41, 5.74) is 1.76. The molecule has 1 aromatic carbocycles. The molecule has 1 aliphatic heterocycles. The molecule has 0 bridgehead atoms. The van der Waals surface area contributed by atoms with Gasteiger partial charge < -0.3 is 9.73 Å². The van der Waals surface area contributed by atoms with Gasteiger partial charge in [-0.25, -0.2) is 4.98 Å². The van der Waals surface area contributed by atoms with E-state index in [0.29, 0.717) is 5.89 Å². The van der Waals surface area contributed by atoms with Crippen molar-refractivity contribution in [2.24, 2.45) is 0 Å². The van der Waals surface area contributed by atoms with Crippen LogP contribution < -0.4 is 5.32 Å². The lowest BCUT2D eigenvalue weighted by molar-refractivity contribution is -0.116. The van der Waals surface area contributed by atoms with Gasteiger partial charge in [-0.1, -0.05) is 18.2 Å². The highest BCUT2D eigenvalue weighted by Crippen LogP contribution is 2.35. The maximum atomic E-state index is 11.7. The number of hydrogen-bond acceptors (Lipinski definition) is 3. The van der Waals surface area contributed by atoms with Crippen LogP contribution in [0.25, 0.3) is 0 Å². The Hall–Kier alpha value is -2.10. The summed E-state index contributed by atoms with van der Waals surface area (Å²) in [6.07, 6.45) is 3.02. The summed E-state index contributed by atoms with van der Waals surface area (Å²) in [5, 5.41) is 2.80. The van der Waals surface area contributed by atoms with Gasteiger partial charge in [-0.15, -0.1) is 0 Å². The Morgan fingerprint density at radius 2 is 2.20 bits per heavy atom. The number of benzene rings is 1. The van der Waals surface area contributed by atoms with Crippen LogP contribution >= 0.6 is 0 Å². The van der Waals surface area contributed by atoms with Gasteiger partial charge >= 0.3 is 0 Å². The second kappa shape index (κ2) is 2.95. The molecule has 15 heavy (non-hydrogen) atoms. The fourth-order valence-corrected chi connectivity index (χ4v) is 1.83. The Bertz CT molecular complexity index is 505. The van der Waals surface area contributed by atoms with E-state index in [2.05, 4.69) is 10.3 Å². The van der Waals surface area contributed by atoms with Gasteiger partial charge in [-0.05, 0) is 11.6 Å². The number of nitrogens with zero attached hydrogens (tertiary/aromatic N) is 1. The van der Waals surface area contributed by atoms with Gasteiger partial charge in [0.15, 0.2) is 0 Å². The third-order valence-corrected chi connectivity index (χ3v) is 2.49. The summed E-state index contributed by atoms with van der Waals surface area (Å²) in [7, 11) is 0. The predicted molar refractivity (Wildman–Crippen MR) is 53.4 cm³/mol. The highest BCUT2D eigenvalue weighted by atomic mass is 16.3. The lowest BCUT2D eigenvalue weighted by Gasteiger charge is -2.02. The highest BCUT2D eigenvalue weighted by molar-refractivity contribution is 6.04. The molecule has 1 unspecified atom stereocenters. The fraction of sp³-hybridized carbons (Fsp3) is 0.0909. The van der Waals surface area contributed by atoms with Gasteiger partial charge in [0.05, 0.1) is 6.20 Å². The van der Waals surface area contributed by atoms with Crippen molar-refractivity contribution >= 4 is 11.6 Å². The summed E-state index contributed by atoms with van der Waals surface area (Å²) >= 11 is 0. The minimum Gasteiger partial charge on any atom is -0.448 e. The Kier molecular flexibility index (Phi) is 1.62. The average Bonchev–Trinajstić information content (AvgIpc) is 2.82. The third-order valence-electron chi connectivity index (χ3n) is 2.49. The number of para-hydroxylation sites is 1. The van der Waals surface area contributed by atoms with Gasteiger partial charge in [0, 0.05) is 5.69 Å². The standard InChI is InChI=1S/C11H8N2O2/c14-10-9(11-12-5-6-15-11)7-3-1-2-4-8(7)13-10/h1-6,9H,(H,13,14). The molecule has 0 fully saturated rings. The monoisotopic (exact) mass is 200 g/mol. The van der Waals surface area contributed by atoms with Crippen LogP contribution in [-0.2, 0) is 4.79 Å². The van der Waals surface area contributed by atoms with Crippen LogP contribution in [0.2, 0.25) is 0 Å². The molecule has 4 nitrogen and oxygen atoms in total. The number of fused-ring (bicyclic) bond motifs is 1. The first-order valence-corrected chi connectivity index (χ1v) is 4.65. The number of carbonyl (C=O) groups excluding carboxylic acids is 1. The zero-order valence-corrected chi connectivity index (χ0v) is 7.81. The number of amides is 1. The normalized spacial score (nSPS) is 18.7. The van der Waals surface area contributed by atoms with Crippen molar-refractivity contribution in [1.82, 2.24) is 4.98 Å². The van der Waals surface area contributed by atoms with Crippen LogP contribution in [0.15, 0.2) is 41.1 Å². The molecule has 0 radical (unpaired) electrons. The van der Waals surface area contributed by atoms with E-state index in [9.17, 15) is 4.79 Å². The van der Waals surface area contributed by atoms with Crippen LogP contribution in [0.3, 0.4) is 0 Å². The van der Waals surface area contributed by atoms with Gasteiger partial charge in [0.25, 0.3) is 0 Å². The summed E-state index contributed by atoms with van der Waals surface area (Å²) in [4.78, 5) is 15.7. The van der Waals surface area contributed by atoms with E-state index >= 15 is 0 Å². The molecule has 0 saturated heterocycles. The van der Waals surface area contributed by atoms with Crippen LogP contribution in [-0.4, -0.2) is 10.9 Å². The molecule has 1 N–H and O–H groups in total. The number of rotatable bonds is 1. The first-order chi connectivity index (χ1) is 7.36. The number of aromatic nitrogens is 1. The van der Waals surface area contributed by atoms with Crippen molar-refractivity contribution in [2.45, 2.75) is 5.92 Å². The van der Waals surface area contributed by atoms with Crippen LogP contribution in [0.5, 0.6) is 0 Å². The van der Waals surface area contributed by atoms with Crippen molar-refractivity contribution in [3.05, 3.63) is 48.2 Å². The molecule has 0 saturated carbocycles. The van der Waals surface area contributed by atoms with E-state index in [0.717, 1.165) is 11.3 Å². The van der Waals surface area contributed by atoms with Crippen molar-refractivity contribution in [1.29, 1.82) is 0 Å². The maximum Gasteiger partial charge on any atom is 0.241 e. The van der Waals surface area contributed by atoms with Gasteiger partial charge in [-0.2, -0.15) is 0 Å². The van der Waals surface area contributed by atoms with E-state index in [1.807, 2.05) is 24.3 Å². The zero-order valence-electron chi connectivity index (χ0n) is 7.81. The molecular formula is C11H8N2O2. The van der Waals surface area contributed by atoms with Crippen molar-refractivity contribution in [3.63, 3.8) is 0 Å². The van der Waals surface area contributed by atoms with Crippen LogP contribution in [0.1, 0.15) is 17.4 Å². The second-order valence-electron chi connectivity index (χ2n) is 3.38. The molecule has 1 aromatic heterocycles. The molecule has 0 spiro atoms. The Morgan fingerprint density at radius 1 is 1.33 bits per heavy atom. The molecule has 74 valence electrons. The summed E-state index contributed by atoms with van der Waals surface area (Å²) in [5.74, 6) is -0.0488. The number of nitrogens with one attached hydrogen (secondary N) is 1.